The van der Waals surface area contributed by atoms with Gasteiger partial charge < -0.3 is 20.1 Å². The second-order valence-corrected chi connectivity index (χ2v) is 9.61. The van der Waals surface area contributed by atoms with Crippen molar-refractivity contribution in [2.45, 2.75) is 23.9 Å². The number of hydrogen-bond donors (Lipinski definition) is 2. The average Bonchev–Trinajstić information content (AvgIpc) is 3.23. The van der Waals surface area contributed by atoms with E-state index in [1.165, 1.54) is 44.7 Å². The van der Waals surface area contributed by atoms with Crippen molar-refractivity contribution in [1.29, 1.82) is 0 Å². The Morgan fingerprint density at radius 2 is 1.85 bits per heavy atom. The van der Waals surface area contributed by atoms with Gasteiger partial charge in [-0.2, -0.15) is 0 Å². The van der Waals surface area contributed by atoms with Crippen LogP contribution in [0.3, 0.4) is 0 Å². The van der Waals surface area contributed by atoms with Gasteiger partial charge in [0.1, 0.15) is 18.1 Å². The molecule has 0 bridgehead atoms. The quantitative estimate of drug-likeness (QED) is 0.501. The molecule has 170 valence electrons. The standard InChI is InChI=1S/C27H29N3O2S/c1-18-16-28-14-12-22(18)19-6-9-21(10-7-19)33-30-17-24(23-5-4-13-29-27(23)30)20-8-11-25(31-2)26(15-20)32-3/h4-13,15-16,24,27-29H,14,17H2,1-3H3/p+1. The number of allylic oxidation sites excluding steroid dienone is 4. The monoisotopic (exact) mass is 460 g/mol. The highest BCUT2D eigenvalue weighted by molar-refractivity contribution is 7.76. The molecular weight excluding hydrogens is 430 g/mol. The number of rotatable bonds is 6. The van der Waals surface area contributed by atoms with Gasteiger partial charge in [0.2, 0.25) is 0 Å². The fourth-order valence-corrected chi connectivity index (χ4v) is 5.87. The molecule has 2 N–H and O–H groups in total. The van der Waals surface area contributed by atoms with Crippen LogP contribution in [-0.2, 0) is 11.9 Å². The van der Waals surface area contributed by atoms with Crippen molar-refractivity contribution >= 4 is 17.5 Å². The van der Waals surface area contributed by atoms with Crippen LogP contribution in [0.25, 0.3) is 5.57 Å². The number of nitrogens with one attached hydrogen (secondary N) is 2. The van der Waals surface area contributed by atoms with E-state index in [0.717, 1.165) is 24.6 Å². The van der Waals surface area contributed by atoms with E-state index in [0.29, 0.717) is 5.92 Å². The summed E-state index contributed by atoms with van der Waals surface area (Å²) in [6.07, 6.45) is 10.9. The lowest BCUT2D eigenvalue weighted by Crippen LogP contribution is -2.39. The van der Waals surface area contributed by atoms with Crippen LogP contribution in [0.1, 0.15) is 24.0 Å². The Morgan fingerprint density at radius 3 is 2.61 bits per heavy atom. The normalized spacial score (nSPS) is 21.8. The van der Waals surface area contributed by atoms with Gasteiger partial charge in [-0.25, -0.2) is 0 Å². The van der Waals surface area contributed by atoms with E-state index in [4.69, 9.17) is 9.47 Å². The summed E-state index contributed by atoms with van der Waals surface area (Å²) >= 11 is 1.20. The summed E-state index contributed by atoms with van der Waals surface area (Å²) < 4.78 is 13.5. The van der Waals surface area contributed by atoms with Gasteiger partial charge in [-0.1, -0.05) is 22.5 Å². The molecule has 2 atom stereocenters. The van der Waals surface area contributed by atoms with Gasteiger partial charge in [0, 0.05) is 18.7 Å². The Hall–Kier alpha value is -3.09. The van der Waals surface area contributed by atoms with Crippen LogP contribution < -0.4 is 20.1 Å². The van der Waals surface area contributed by atoms with Crippen molar-refractivity contribution in [3.8, 4) is 11.5 Å². The Bertz CT molecular complexity index is 1150. The fraction of sp³-hybridized carbons (Fsp3) is 0.259. The zero-order chi connectivity index (χ0) is 22.8. The molecule has 6 heteroatoms. The summed E-state index contributed by atoms with van der Waals surface area (Å²) in [6, 6.07) is 15.2. The van der Waals surface area contributed by atoms with Crippen LogP contribution in [0.5, 0.6) is 11.5 Å². The fourth-order valence-electron chi connectivity index (χ4n) is 4.74. The number of fused-ring (bicyclic) bond motifs is 1. The molecule has 2 aromatic carbocycles. The Kier molecular flexibility index (Phi) is 6.20. The number of hydrogen-bond acceptors (Lipinski definition) is 5. The number of methoxy groups -OCH3 is 2. The van der Waals surface area contributed by atoms with E-state index in [1.54, 1.807) is 14.2 Å². The SMILES string of the molecule is COc1ccc(C2CN([SH+]c3ccc(C4=CCNC=C4C)cc3)C3NC=CC=C23)cc1OC. The predicted molar refractivity (Wildman–Crippen MR) is 136 cm³/mol. The smallest absolute Gasteiger partial charge is 0.173 e. The van der Waals surface area contributed by atoms with Gasteiger partial charge in [0.25, 0.3) is 0 Å². The van der Waals surface area contributed by atoms with Crippen LogP contribution in [0.15, 0.2) is 89.1 Å². The van der Waals surface area contributed by atoms with Crippen molar-refractivity contribution in [2.24, 2.45) is 0 Å². The summed E-state index contributed by atoms with van der Waals surface area (Å²) in [5, 5.41) is 6.83. The lowest BCUT2D eigenvalue weighted by atomic mass is 9.91. The number of thiol groups is 1. The highest BCUT2D eigenvalue weighted by Crippen LogP contribution is 2.41. The van der Waals surface area contributed by atoms with E-state index >= 15 is 0 Å². The number of nitrogens with zero attached hydrogens (tertiary/aromatic N) is 1. The number of dihydropyridines is 2. The largest absolute Gasteiger partial charge is 0.493 e. The van der Waals surface area contributed by atoms with Crippen LogP contribution in [0, 0.1) is 0 Å². The minimum Gasteiger partial charge on any atom is -0.493 e. The maximum Gasteiger partial charge on any atom is 0.173 e. The van der Waals surface area contributed by atoms with E-state index in [9.17, 15) is 0 Å². The molecule has 3 heterocycles. The van der Waals surface area contributed by atoms with Crippen LogP contribution in [0.4, 0.5) is 0 Å². The molecule has 5 nitrogen and oxygen atoms in total. The van der Waals surface area contributed by atoms with Gasteiger partial charge in [0.15, 0.2) is 16.4 Å². The summed E-state index contributed by atoms with van der Waals surface area (Å²) in [7, 11) is 3.36. The minimum absolute atomic E-state index is 0.187. The van der Waals surface area contributed by atoms with Crippen molar-refractivity contribution < 1.29 is 9.47 Å². The van der Waals surface area contributed by atoms with Gasteiger partial charge in [-0.15, -0.1) is 0 Å². The van der Waals surface area contributed by atoms with Gasteiger partial charge in [0.05, 0.1) is 20.8 Å². The third kappa shape index (κ3) is 4.28. The van der Waals surface area contributed by atoms with Crippen molar-refractivity contribution in [3.63, 3.8) is 0 Å². The van der Waals surface area contributed by atoms with Gasteiger partial charge in [-0.3, -0.25) is 0 Å². The Labute approximate surface area is 200 Å². The molecule has 0 radical (unpaired) electrons. The van der Waals surface area contributed by atoms with E-state index in [1.807, 2.05) is 12.3 Å². The molecular formula is C27H30N3O2S+. The molecule has 1 saturated heterocycles. The van der Waals surface area contributed by atoms with Crippen molar-refractivity contribution in [2.75, 3.05) is 27.3 Å². The maximum absolute atomic E-state index is 5.56. The summed E-state index contributed by atoms with van der Waals surface area (Å²) in [6.45, 7) is 3.97. The molecule has 3 aliphatic heterocycles. The third-order valence-corrected chi connectivity index (χ3v) is 7.60. The highest BCUT2D eigenvalue weighted by Gasteiger charge is 2.42. The minimum atomic E-state index is 0.187. The summed E-state index contributed by atoms with van der Waals surface area (Å²) in [5.74, 6) is 1.83. The molecule has 0 saturated carbocycles. The predicted octanol–water partition coefficient (Wildman–Crippen LogP) is 4.15. The van der Waals surface area contributed by atoms with Gasteiger partial charge >= 0.3 is 0 Å². The Morgan fingerprint density at radius 1 is 1.03 bits per heavy atom. The summed E-state index contributed by atoms with van der Waals surface area (Å²) in [4.78, 5) is 1.29. The molecule has 2 aromatic rings. The second kappa shape index (κ2) is 9.41. The first-order chi connectivity index (χ1) is 16.2. The zero-order valence-corrected chi connectivity index (χ0v) is 20.1. The molecule has 5 rings (SSSR count). The third-order valence-electron chi connectivity index (χ3n) is 6.42. The average molecular weight is 461 g/mol. The molecule has 2 unspecified atom stereocenters. The molecule has 1 fully saturated rings. The zero-order valence-electron chi connectivity index (χ0n) is 19.2. The summed E-state index contributed by atoms with van der Waals surface area (Å²) in [5.41, 5.74) is 6.49. The first-order valence-electron chi connectivity index (χ1n) is 11.2. The number of ether oxygens (including phenoxy) is 2. The maximum atomic E-state index is 5.56. The van der Waals surface area contributed by atoms with E-state index in [2.05, 4.69) is 82.7 Å². The van der Waals surface area contributed by atoms with E-state index < -0.39 is 0 Å². The lowest BCUT2D eigenvalue weighted by Gasteiger charge is -2.21. The van der Waals surface area contributed by atoms with Crippen LogP contribution in [0.2, 0.25) is 0 Å². The van der Waals surface area contributed by atoms with Gasteiger partial charge in [-0.05, 0) is 83.4 Å². The van der Waals surface area contributed by atoms with Crippen LogP contribution in [-0.4, -0.2) is 37.8 Å². The van der Waals surface area contributed by atoms with Crippen LogP contribution >= 0.6 is 0 Å². The highest BCUT2D eigenvalue weighted by atomic mass is 32.2. The topological polar surface area (TPSA) is 45.8 Å². The first-order valence-corrected chi connectivity index (χ1v) is 12.1. The lowest BCUT2D eigenvalue weighted by molar-refractivity contribution is 0.354. The number of benzene rings is 2. The van der Waals surface area contributed by atoms with Crippen molar-refractivity contribution in [3.05, 3.63) is 95.4 Å². The molecule has 0 spiro atoms. The first kappa shape index (κ1) is 21.7. The van der Waals surface area contributed by atoms with Crippen molar-refractivity contribution in [1.82, 2.24) is 14.9 Å². The Balaban J connectivity index is 1.37. The molecule has 0 amide bonds. The molecule has 0 aromatic heterocycles. The molecule has 33 heavy (non-hydrogen) atoms. The molecule has 3 aliphatic rings. The second-order valence-electron chi connectivity index (χ2n) is 8.38. The molecule has 0 aliphatic carbocycles. The van der Waals surface area contributed by atoms with E-state index in [-0.39, 0.29) is 6.17 Å².